The molecule has 0 unspecified atom stereocenters. The smallest absolute Gasteiger partial charge is 0.253 e. The lowest BCUT2D eigenvalue weighted by molar-refractivity contribution is 0.274. The molecule has 4 rings (SSSR count). The second-order valence-electron chi connectivity index (χ2n) is 8.53. The van der Waals surface area contributed by atoms with E-state index in [9.17, 15) is 9.90 Å². The summed E-state index contributed by atoms with van der Waals surface area (Å²) < 4.78 is 1.61. The molecule has 154 valence electrons. The monoisotopic (exact) mass is 393 g/mol. The minimum atomic E-state index is -0.0495. The zero-order chi connectivity index (χ0) is 20.5. The van der Waals surface area contributed by atoms with Crippen LogP contribution in [0.25, 0.3) is 22.2 Å². The van der Waals surface area contributed by atoms with Crippen molar-refractivity contribution in [3.05, 3.63) is 57.5 Å². The van der Waals surface area contributed by atoms with Crippen LogP contribution in [0, 0.1) is 6.92 Å². The van der Waals surface area contributed by atoms with Crippen LogP contribution in [0.4, 0.5) is 0 Å². The fraction of sp³-hybridized carbons (Fsp3) is 0.458. The first-order valence-electron chi connectivity index (χ1n) is 10.7. The molecule has 5 nitrogen and oxygen atoms in total. The number of fused-ring (bicyclic) bond motifs is 1. The van der Waals surface area contributed by atoms with Gasteiger partial charge < -0.3 is 20.0 Å². The molecular weight excluding hydrogens is 362 g/mol. The lowest BCUT2D eigenvalue weighted by Crippen LogP contribution is -2.26. The van der Waals surface area contributed by atoms with Gasteiger partial charge in [-0.15, -0.1) is 0 Å². The van der Waals surface area contributed by atoms with Crippen molar-refractivity contribution in [2.75, 3.05) is 19.7 Å². The van der Waals surface area contributed by atoms with Crippen LogP contribution >= 0.6 is 0 Å². The first kappa shape index (κ1) is 19.9. The summed E-state index contributed by atoms with van der Waals surface area (Å²) >= 11 is 0. The Hall–Kier alpha value is -2.37. The molecule has 1 aliphatic heterocycles. The SMILES string of the molecule is Cc1cc(-c2[nH]c3ccc(C4CCNCC4)cc3c2C(C)C)cn(CCO)c1=O. The molecule has 3 heterocycles. The molecule has 3 N–H and O–H groups in total. The third kappa shape index (κ3) is 3.77. The Morgan fingerprint density at radius 2 is 1.97 bits per heavy atom. The molecular formula is C24H31N3O2. The van der Waals surface area contributed by atoms with Crippen LogP contribution in [-0.2, 0) is 6.54 Å². The van der Waals surface area contributed by atoms with Gasteiger partial charge in [-0.1, -0.05) is 19.9 Å². The number of benzene rings is 1. The molecule has 0 radical (unpaired) electrons. The molecule has 0 bridgehead atoms. The highest BCUT2D eigenvalue weighted by molar-refractivity contribution is 5.92. The zero-order valence-electron chi connectivity index (χ0n) is 17.6. The number of aryl methyl sites for hydroxylation is 1. The lowest BCUT2D eigenvalue weighted by Gasteiger charge is -2.23. The Balaban J connectivity index is 1.87. The number of H-pyrrole nitrogens is 1. The van der Waals surface area contributed by atoms with E-state index in [1.165, 1.54) is 29.4 Å². The maximum Gasteiger partial charge on any atom is 0.253 e. The number of nitrogens with zero attached hydrogens (tertiary/aromatic N) is 1. The molecule has 0 aliphatic carbocycles. The maximum absolute atomic E-state index is 12.4. The fourth-order valence-corrected chi connectivity index (χ4v) is 4.66. The summed E-state index contributed by atoms with van der Waals surface area (Å²) in [5.74, 6) is 0.966. The van der Waals surface area contributed by atoms with E-state index in [2.05, 4.69) is 42.3 Å². The summed E-state index contributed by atoms with van der Waals surface area (Å²) in [6.45, 7) is 8.72. The Bertz CT molecular complexity index is 1070. The van der Waals surface area contributed by atoms with Gasteiger partial charge in [-0.3, -0.25) is 4.79 Å². The van der Waals surface area contributed by atoms with Crippen LogP contribution in [0.15, 0.2) is 35.3 Å². The van der Waals surface area contributed by atoms with E-state index in [0.29, 0.717) is 23.9 Å². The molecule has 0 atom stereocenters. The third-order valence-corrected chi connectivity index (χ3v) is 6.15. The number of hydrogen-bond donors (Lipinski definition) is 3. The van der Waals surface area contributed by atoms with Crippen LogP contribution in [0.2, 0.25) is 0 Å². The summed E-state index contributed by atoms with van der Waals surface area (Å²) in [5, 5.41) is 14.1. The minimum Gasteiger partial charge on any atom is -0.395 e. The molecule has 1 saturated heterocycles. The highest BCUT2D eigenvalue weighted by Gasteiger charge is 2.20. The lowest BCUT2D eigenvalue weighted by atomic mass is 9.88. The molecule has 0 spiro atoms. The van der Waals surface area contributed by atoms with Gasteiger partial charge in [-0.05, 0) is 74.0 Å². The van der Waals surface area contributed by atoms with Crippen molar-refractivity contribution in [2.45, 2.75) is 52.0 Å². The number of aliphatic hydroxyl groups excluding tert-OH is 1. The van der Waals surface area contributed by atoms with Crippen molar-refractivity contribution in [2.24, 2.45) is 0 Å². The average molecular weight is 394 g/mol. The molecule has 5 heteroatoms. The number of hydrogen-bond acceptors (Lipinski definition) is 3. The molecule has 0 saturated carbocycles. The molecule has 29 heavy (non-hydrogen) atoms. The second kappa shape index (κ2) is 8.17. The molecule has 2 aromatic heterocycles. The van der Waals surface area contributed by atoms with E-state index in [1.807, 2.05) is 19.2 Å². The van der Waals surface area contributed by atoms with E-state index in [4.69, 9.17) is 0 Å². The average Bonchev–Trinajstić information content (AvgIpc) is 3.11. The number of nitrogens with one attached hydrogen (secondary N) is 2. The van der Waals surface area contributed by atoms with Crippen LogP contribution in [-0.4, -0.2) is 34.4 Å². The van der Waals surface area contributed by atoms with Gasteiger partial charge in [0.2, 0.25) is 0 Å². The number of aromatic nitrogens is 2. The number of aliphatic hydroxyl groups is 1. The fourth-order valence-electron chi connectivity index (χ4n) is 4.66. The van der Waals surface area contributed by atoms with Crippen molar-refractivity contribution < 1.29 is 5.11 Å². The van der Waals surface area contributed by atoms with Gasteiger partial charge in [0.15, 0.2) is 0 Å². The Kier molecular flexibility index (Phi) is 5.61. The third-order valence-electron chi connectivity index (χ3n) is 6.15. The highest BCUT2D eigenvalue weighted by atomic mass is 16.3. The number of rotatable bonds is 5. The largest absolute Gasteiger partial charge is 0.395 e. The van der Waals surface area contributed by atoms with Gasteiger partial charge in [0.25, 0.3) is 5.56 Å². The number of aromatic amines is 1. The molecule has 1 aromatic carbocycles. The van der Waals surface area contributed by atoms with Crippen LogP contribution in [0.3, 0.4) is 0 Å². The van der Waals surface area contributed by atoms with Crippen LogP contribution in [0.5, 0.6) is 0 Å². The summed E-state index contributed by atoms with van der Waals surface area (Å²) in [5.41, 5.74) is 6.58. The van der Waals surface area contributed by atoms with E-state index < -0.39 is 0 Å². The molecule has 1 aliphatic rings. The Morgan fingerprint density at radius 3 is 2.66 bits per heavy atom. The summed E-state index contributed by atoms with van der Waals surface area (Å²) in [4.78, 5) is 16.0. The molecule has 0 amide bonds. The number of pyridine rings is 1. The topological polar surface area (TPSA) is 70.1 Å². The molecule has 1 fully saturated rings. The first-order chi connectivity index (χ1) is 14.0. The standard InChI is InChI=1S/C24H31N3O2/c1-15(2)22-20-13-18(17-6-8-25-9-7-17)4-5-21(20)26-23(22)19-12-16(3)24(29)27(14-19)10-11-28/h4-5,12-15,17,25-26,28H,6-11H2,1-3H3. The van der Waals surface area contributed by atoms with E-state index in [0.717, 1.165) is 29.9 Å². The van der Waals surface area contributed by atoms with E-state index >= 15 is 0 Å². The van der Waals surface area contributed by atoms with E-state index in [1.54, 1.807) is 4.57 Å². The van der Waals surface area contributed by atoms with Gasteiger partial charge in [0.05, 0.1) is 12.3 Å². The molecule has 3 aromatic rings. The van der Waals surface area contributed by atoms with Gasteiger partial charge in [0.1, 0.15) is 0 Å². The summed E-state index contributed by atoms with van der Waals surface area (Å²) in [7, 11) is 0. The van der Waals surface area contributed by atoms with Crippen molar-refractivity contribution in [3.63, 3.8) is 0 Å². The summed E-state index contributed by atoms with van der Waals surface area (Å²) in [6, 6.07) is 8.80. The van der Waals surface area contributed by atoms with E-state index in [-0.39, 0.29) is 12.2 Å². The van der Waals surface area contributed by atoms with Crippen molar-refractivity contribution in [3.8, 4) is 11.3 Å². The van der Waals surface area contributed by atoms with Gasteiger partial charge >= 0.3 is 0 Å². The zero-order valence-corrected chi connectivity index (χ0v) is 17.6. The van der Waals surface area contributed by atoms with Crippen molar-refractivity contribution in [1.29, 1.82) is 0 Å². The Morgan fingerprint density at radius 1 is 1.21 bits per heavy atom. The van der Waals surface area contributed by atoms with Gasteiger partial charge in [-0.2, -0.15) is 0 Å². The quantitative estimate of drug-likeness (QED) is 0.616. The predicted octanol–water partition coefficient (Wildman–Crippen LogP) is 3.89. The summed E-state index contributed by atoms with van der Waals surface area (Å²) in [6.07, 6.45) is 4.24. The second-order valence-corrected chi connectivity index (χ2v) is 8.53. The van der Waals surface area contributed by atoms with Gasteiger partial charge in [0, 0.05) is 34.8 Å². The van der Waals surface area contributed by atoms with Crippen molar-refractivity contribution in [1.82, 2.24) is 14.9 Å². The van der Waals surface area contributed by atoms with Gasteiger partial charge in [-0.25, -0.2) is 0 Å². The number of piperidine rings is 1. The van der Waals surface area contributed by atoms with Crippen molar-refractivity contribution >= 4 is 10.9 Å². The van der Waals surface area contributed by atoms with Crippen LogP contribution in [0.1, 0.15) is 55.2 Å². The highest BCUT2D eigenvalue weighted by Crippen LogP contribution is 2.37. The maximum atomic E-state index is 12.4. The Labute approximate surface area is 171 Å². The normalized spacial score (nSPS) is 15.5. The minimum absolute atomic E-state index is 0.0433. The predicted molar refractivity (Wildman–Crippen MR) is 119 cm³/mol. The first-order valence-corrected chi connectivity index (χ1v) is 10.7. The van der Waals surface area contributed by atoms with Crippen LogP contribution < -0.4 is 10.9 Å².